The molecular weight excluding hydrogens is 272 g/mol. The molecule has 0 aliphatic carbocycles. The summed E-state index contributed by atoms with van der Waals surface area (Å²) < 4.78 is 5.64. The third-order valence-corrected chi connectivity index (χ3v) is 3.26. The Labute approximate surface area is 121 Å². The molecule has 0 bridgehead atoms. The van der Waals surface area contributed by atoms with Gasteiger partial charge < -0.3 is 9.64 Å². The maximum Gasteiger partial charge on any atom is 0.274 e. The standard InChI is InChI=1S/C13H16N6O2/c1-8-5-15-10(6-14-8)13(20)19-3-4-21-11(7-19)12-16-9(2)17-18-12/h5-6,11H,3-4,7H2,1-2H3,(H,16,17,18)/t11-/m0/s1. The number of carbonyl (C=O) groups excluding carboxylic acids is 1. The molecule has 8 nitrogen and oxygen atoms in total. The zero-order valence-electron chi connectivity index (χ0n) is 11.9. The maximum atomic E-state index is 12.4. The Hall–Kier alpha value is -2.35. The van der Waals surface area contributed by atoms with E-state index in [1.54, 1.807) is 11.1 Å². The van der Waals surface area contributed by atoms with Crippen molar-refractivity contribution in [3.05, 3.63) is 35.4 Å². The monoisotopic (exact) mass is 288 g/mol. The molecule has 0 unspecified atom stereocenters. The molecule has 110 valence electrons. The summed E-state index contributed by atoms with van der Waals surface area (Å²) in [6, 6.07) is 0. The van der Waals surface area contributed by atoms with Gasteiger partial charge in [-0.05, 0) is 13.8 Å². The zero-order valence-corrected chi connectivity index (χ0v) is 11.9. The van der Waals surface area contributed by atoms with Crippen molar-refractivity contribution in [2.24, 2.45) is 0 Å². The van der Waals surface area contributed by atoms with Gasteiger partial charge >= 0.3 is 0 Å². The van der Waals surface area contributed by atoms with Crippen LogP contribution < -0.4 is 0 Å². The lowest BCUT2D eigenvalue weighted by atomic mass is 10.2. The number of nitrogens with one attached hydrogen (secondary N) is 1. The fraction of sp³-hybridized carbons (Fsp3) is 0.462. The van der Waals surface area contributed by atoms with E-state index < -0.39 is 0 Å². The molecule has 1 aliphatic heterocycles. The molecule has 1 saturated heterocycles. The van der Waals surface area contributed by atoms with Crippen molar-refractivity contribution in [2.75, 3.05) is 19.7 Å². The molecule has 2 aromatic heterocycles. The first-order chi connectivity index (χ1) is 10.1. The molecule has 8 heteroatoms. The van der Waals surface area contributed by atoms with Gasteiger partial charge in [-0.15, -0.1) is 0 Å². The van der Waals surface area contributed by atoms with Crippen LogP contribution in [0.2, 0.25) is 0 Å². The number of ether oxygens (including phenoxy) is 1. The first-order valence-electron chi connectivity index (χ1n) is 6.72. The third kappa shape index (κ3) is 2.89. The highest BCUT2D eigenvalue weighted by atomic mass is 16.5. The van der Waals surface area contributed by atoms with E-state index in [4.69, 9.17) is 4.74 Å². The van der Waals surface area contributed by atoms with Crippen LogP contribution in [0.1, 0.15) is 33.9 Å². The average Bonchev–Trinajstić information content (AvgIpc) is 2.94. The molecule has 0 radical (unpaired) electrons. The molecule has 3 rings (SSSR count). The van der Waals surface area contributed by atoms with Gasteiger partial charge in [0, 0.05) is 12.7 Å². The fourth-order valence-electron chi connectivity index (χ4n) is 2.16. The normalized spacial score (nSPS) is 18.8. The highest BCUT2D eigenvalue weighted by Gasteiger charge is 2.29. The van der Waals surface area contributed by atoms with Crippen molar-refractivity contribution in [3.8, 4) is 0 Å². The van der Waals surface area contributed by atoms with Crippen LogP contribution in [-0.2, 0) is 4.74 Å². The average molecular weight is 288 g/mol. The summed E-state index contributed by atoms with van der Waals surface area (Å²) in [6.07, 6.45) is 2.77. The van der Waals surface area contributed by atoms with Crippen LogP contribution in [0.5, 0.6) is 0 Å². The number of hydrogen-bond donors (Lipinski definition) is 1. The second kappa shape index (κ2) is 5.57. The van der Waals surface area contributed by atoms with Gasteiger partial charge in [-0.2, -0.15) is 5.10 Å². The first kappa shape index (κ1) is 13.6. The molecule has 1 atom stereocenters. The summed E-state index contributed by atoms with van der Waals surface area (Å²) in [6.45, 7) is 5.03. The largest absolute Gasteiger partial charge is 0.366 e. The van der Waals surface area contributed by atoms with Gasteiger partial charge in [0.2, 0.25) is 0 Å². The summed E-state index contributed by atoms with van der Waals surface area (Å²) in [5.74, 6) is 1.14. The smallest absolute Gasteiger partial charge is 0.274 e. The fourth-order valence-corrected chi connectivity index (χ4v) is 2.16. The minimum Gasteiger partial charge on any atom is -0.366 e. The van der Waals surface area contributed by atoms with Crippen LogP contribution in [0, 0.1) is 13.8 Å². The van der Waals surface area contributed by atoms with Crippen molar-refractivity contribution >= 4 is 5.91 Å². The first-order valence-corrected chi connectivity index (χ1v) is 6.72. The Morgan fingerprint density at radius 1 is 1.38 bits per heavy atom. The van der Waals surface area contributed by atoms with E-state index in [1.807, 2.05) is 13.8 Å². The zero-order chi connectivity index (χ0) is 14.8. The third-order valence-electron chi connectivity index (χ3n) is 3.26. The van der Waals surface area contributed by atoms with E-state index in [-0.39, 0.29) is 12.0 Å². The van der Waals surface area contributed by atoms with Gasteiger partial charge in [0.1, 0.15) is 17.6 Å². The summed E-state index contributed by atoms with van der Waals surface area (Å²) in [5, 5.41) is 6.87. The highest BCUT2D eigenvalue weighted by molar-refractivity contribution is 5.92. The van der Waals surface area contributed by atoms with Crippen molar-refractivity contribution < 1.29 is 9.53 Å². The van der Waals surface area contributed by atoms with Gasteiger partial charge in [-0.3, -0.25) is 14.9 Å². The van der Waals surface area contributed by atoms with Gasteiger partial charge in [0.15, 0.2) is 5.82 Å². The second-order valence-electron chi connectivity index (χ2n) is 4.93. The summed E-state index contributed by atoms with van der Waals surface area (Å²) >= 11 is 0. The van der Waals surface area contributed by atoms with Crippen LogP contribution in [0.3, 0.4) is 0 Å². The minimum absolute atomic E-state index is 0.150. The van der Waals surface area contributed by atoms with Crippen LogP contribution >= 0.6 is 0 Å². The number of aromatic amines is 1. The summed E-state index contributed by atoms with van der Waals surface area (Å²) in [4.78, 5) is 26.6. The van der Waals surface area contributed by atoms with Gasteiger partial charge in [0.25, 0.3) is 5.91 Å². The second-order valence-corrected chi connectivity index (χ2v) is 4.93. The van der Waals surface area contributed by atoms with Gasteiger partial charge in [-0.25, -0.2) is 9.97 Å². The number of morpholine rings is 1. The molecule has 0 aromatic carbocycles. The van der Waals surface area contributed by atoms with Crippen molar-refractivity contribution in [1.82, 2.24) is 30.0 Å². The quantitative estimate of drug-likeness (QED) is 0.860. The number of amides is 1. The lowest BCUT2D eigenvalue weighted by Crippen LogP contribution is -2.42. The topological polar surface area (TPSA) is 96.9 Å². The van der Waals surface area contributed by atoms with Crippen LogP contribution in [0.4, 0.5) is 0 Å². The maximum absolute atomic E-state index is 12.4. The van der Waals surface area contributed by atoms with Crippen LogP contribution in [0.25, 0.3) is 0 Å². The van der Waals surface area contributed by atoms with E-state index >= 15 is 0 Å². The van der Waals surface area contributed by atoms with Crippen LogP contribution in [0.15, 0.2) is 12.4 Å². The lowest BCUT2D eigenvalue weighted by Gasteiger charge is -2.31. The Bertz CT molecular complexity index is 638. The Morgan fingerprint density at radius 2 is 2.24 bits per heavy atom. The molecule has 1 fully saturated rings. The lowest BCUT2D eigenvalue weighted by molar-refractivity contribution is -0.0268. The predicted octanol–water partition coefficient (Wildman–Crippen LogP) is 0.425. The molecule has 1 aliphatic rings. The number of aryl methyl sites for hydroxylation is 2. The number of hydrogen-bond acceptors (Lipinski definition) is 6. The molecule has 3 heterocycles. The number of H-pyrrole nitrogens is 1. The Kier molecular flexibility index (Phi) is 3.61. The van der Waals surface area contributed by atoms with E-state index in [1.165, 1.54) is 6.20 Å². The predicted molar refractivity (Wildman–Crippen MR) is 72.5 cm³/mol. The van der Waals surface area contributed by atoms with Crippen molar-refractivity contribution in [1.29, 1.82) is 0 Å². The molecule has 1 N–H and O–H groups in total. The van der Waals surface area contributed by atoms with E-state index in [2.05, 4.69) is 25.1 Å². The highest BCUT2D eigenvalue weighted by Crippen LogP contribution is 2.20. The Morgan fingerprint density at radius 3 is 2.90 bits per heavy atom. The van der Waals surface area contributed by atoms with Gasteiger partial charge in [0.05, 0.1) is 25.0 Å². The number of rotatable bonds is 2. The molecule has 1 amide bonds. The summed E-state index contributed by atoms with van der Waals surface area (Å²) in [5.41, 5.74) is 1.12. The van der Waals surface area contributed by atoms with E-state index in [0.29, 0.717) is 31.2 Å². The SMILES string of the molecule is Cc1cnc(C(=O)N2CCO[C@H](c3n[nH]c(C)n3)C2)cn1. The molecule has 21 heavy (non-hydrogen) atoms. The van der Waals surface area contributed by atoms with Crippen molar-refractivity contribution in [3.63, 3.8) is 0 Å². The Balaban J connectivity index is 1.73. The molecular formula is C13H16N6O2. The number of carbonyl (C=O) groups is 1. The molecule has 2 aromatic rings. The number of nitrogens with zero attached hydrogens (tertiary/aromatic N) is 5. The molecule has 0 saturated carbocycles. The minimum atomic E-state index is -0.314. The molecule has 0 spiro atoms. The van der Waals surface area contributed by atoms with Gasteiger partial charge in [-0.1, -0.05) is 0 Å². The number of aromatic nitrogens is 5. The van der Waals surface area contributed by atoms with E-state index in [9.17, 15) is 4.79 Å². The van der Waals surface area contributed by atoms with E-state index in [0.717, 1.165) is 11.5 Å². The van der Waals surface area contributed by atoms with Crippen molar-refractivity contribution in [2.45, 2.75) is 20.0 Å². The van der Waals surface area contributed by atoms with Crippen LogP contribution in [-0.4, -0.2) is 55.7 Å². The summed E-state index contributed by atoms with van der Waals surface area (Å²) in [7, 11) is 0.